The van der Waals surface area contributed by atoms with E-state index in [-0.39, 0.29) is 6.10 Å². The molecule has 62 valence electrons. The highest BCUT2D eigenvalue weighted by Crippen LogP contribution is 2.30. The Morgan fingerprint density at radius 2 is 1.70 bits per heavy atom. The van der Waals surface area contributed by atoms with Gasteiger partial charge in [0.1, 0.15) is 0 Å². The minimum Gasteiger partial charge on any atom is -0.393 e. The molecule has 1 heteroatoms. The molecule has 0 aromatic rings. The van der Waals surface area contributed by atoms with E-state index in [1.165, 1.54) is 0 Å². The van der Waals surface area contributed by atoms with E-state index in [9.17, 15) is 0 Å². The molecule has 0 bridgehead atoms. The number of aliphatic hydroxyl groups is 1. The molecule has 0 unspecified atom stereocenters. The van der Waals surface area contributed by atoms with Crippen LogP contribution in [0.25, 0.3) is 0 Å². The van der Waals surface area contributed by atoms with Crippen LogP contribution in [0.3, 0.4) is 0 Å². The van der Waals surface area contributed by atoms with E-state index in [0.29, 0.717) is 5.41 Å². The molecule has 0 radical (unpaired) electrons. The van der Waals surface area contributed by atoms with Crippen LogP contribution in [-0.2, 0) is 0 Å². The Hall–Kier alpha value is -0.0400. The minimum absolute atomic E-state index is 0.148. The summed E-state index contributed by atoms with van der Waals surface area (Å²) in [7, 11) is 0. The van der Waals surface area contributed by atoms with Crippen LogP contribution < -0.4 is 0 Å². The Kier molecular flexibility index (Phi) is 3.95. The summed E-state index contributed by atoms with van der Waals surface area (Å²) < 4.78 is 0. The summed E-state index contributed by atoms with van der Waals surface area (Å²) >= 11 is 0. The summed E-state index contributed by atoms with van der Waals surface area (Å²) in [5.41, 5.74) is 0.355. The molecule has 0 heterocycles. The summed E-state index contributed by atoms with van der Waals surface area (Å²) in [5, 5.41) is 9.15. The van der Waals surface area contributed by atoms with Crippen molar-refractivity contribution in [2.24, 2.45) is 5.41 Å². The Labute approximate surface area is 64.5 Å². The van der Waals surface area contributed by atoms with Gasteiger partial charge in [-0.05, 0) is 18.8 Å². The first-order chi connectivity index (χ1) is 4.54. The molecule has 0 saturated heterocycles. The van der Waals surface area contributed by atoms with E-state index in [1.807, 2.05) is 6.92 Å². The highest BCUT2D eigenvalue weighted by atomic mass is 16.3. The molecular formula is C9H20O. The van der Waals surface area contributed by atoms with E-state index >= 15 is 0 Å². The quantitative estimate of drug-likeness (QED) is 0.643. The minimum atomic E-state index is -0.148. The Morgan fingerprint density at radius 3 is 1.80 bits per heavy atom. The van der Waals surface area contributed by atoms with Crippen LogP contribution in [-0.4, -0.2) is 11.2 Å². The lowest BCUT2D eigenvalue weighted by Gasteiger charge is -2.27. The van der Waals surface area contributed by atoms with Gasteiger partial charge < -0.3 is 5.11 Å². The fraction of sp³-hybridized carbons (Fsp3) is 1.00. The van der Waals surface area contributed by atoms with Crippen LogP contribution in [0.4, 0.5) is 0 Å². The Balaban J connectivity index is 3.80. The molecule has 1 atom stereocenters. The van der Waals surface area contributed by atoms with E-state index in [4.69, 9.17) is 5.11 Å². The van der Waals surface area contributed by atoms with Gasteiger partial charge in [-0.1, -0.05) is 33.6 Å². The maximum Gasteiger partial charge on any atom is 0.0517 e. The average molecular weight is 144 g/mol. The largest absolute Gasteiger partial charge is 0.393 e. The van der Waals surface area contributed by atoms with Crippen LogP contribution in [0, 0.1) is 5.41 Å². The summed E-state index contributed by atoms with van der Waals surface area (Å²) in [5.74, 6) is 0. The van der Waals surface area contributed by atoms with Crippen molar-refractivity contribution in [1.82, 2.24) is 0 Å². The molecule has 0 aliphatic heterocycles. The molecule has 0 rings (SSSR count). The topological polar surface area (TPSA) is 20.2 Å². The van der Waals surface area contributed by atoms with Gasteiger partial charge in [-0.25, -0.2) is 0 Å². The second-order valence-corrected chi connectivity index (χ2v) is 3.57. The van der Waals surface area contributed by atoms with Crippen LogP contribution >= 0.6 is 0 Å². The molecule has 0 fully saturated rings. The highest BCUT2D eigenvalue weighted by Gasteiger charge is 2.21. The van der Waals surface area contributed by atoms with Crippen LogP contribution in [0.1, 0.15) is 47.0 Å². The SMILES string of the molecule is CCC(C)(CC)C[C@H](C)O. The average Bonchev–Trinajstić information content (AvgIpc) is 1.87. The predicted molar refractivity (Wildman–Crippen MR) is 45.0 cm³/mol. The molecule has 0 aromatic heterocycles. The van der Waals surface area contributed by atoms with Crippen molar-refractivity contribution in [1.29, 1.82) is 0 Å². The zero-order valence-electron chi connectivity index (χ0n) is 7.65. The summed E-state index contributed by atoms with van der Waals surface area (Å²) in [6.45, 7) is 8.47. The van der Waals surface area contributed by atoms with Gasteiger partial charge in [-0.2, -0.15) is 0 Å². The van der Waals surface area contributed by atoms with Gasteiger partial charge in [-0.3, -0.25) is 0 Å². The normalized spacial score (nSPS) is 15.3. The fourth-order valence-corrected chi connectivity index (χ4v) is 1.25. The van der Waals surface area contributed by atoms with Gasteiger partial charge in [0.25, 0.3) is 0 Å². The second kappa shape index (κ2) is 3.97. The third-order valence-corrected chi connectivity index (χ3v) is 2.50. The first kappa shape index (κ1) is 9.96. The second-order valence-electron chi connectivity index (χ2n) is 3.57. The standard InChI is InChI=1S/C9H20O/c1-5-9(4,6-2)7-8(3)10/h8,10H,5-7H2,1-4H3/t8-/m0/s1. The summed E-state index contributed by atoms with van der Waals surface area (Å²) in [6, 6.07) is 0. The third kappa shape index (κ3) is 3.21. The number of hydrogen-bond acceptors (Lipinski definition) is 1. The van der Waals surface area contributed by atoms with Crippen molar-refractivity contribution in [2.75, 3.05) is 0 Å². The molecule has 1 N–H and O–H groups in total. The summed E-state index contributed by atoms with van der Waals surface area (Å²) in [4.78, 5) is 0. The Bertz CT molecular complexity index is 82.7. The monoisotopic (exact) mass is 144 g/mol. The van der Waals surface area contributed by atoms with E-state index in [0.717, 1.165) is 19.3 Å². The van der Waals surface area contributed by atoms with E-state index in [2.05, 4.69) is 20.8 Å². The van der Waals surface area contributed by atoms with Crippen molar-refractivity contribution in [3.63, 3.8) is 0 Å². The van der Waals surface area contributed by atoms with Gasteiger partial charge >= 0.3 is 0 Å². The molecule has 0 amide bonds. The van der Waals surface area contributed by atoms with Gasteiger partial charge in [0.05, 0.1) is 6.10 Å². The molecule has 0 aliphatic carbocycles. The fourth-order valence-electron chi connectivity index (χ4n) is 1.25. The molecule has 0 aliphatic rings. The number of hydrogen-bond donors (Lipinski definition) is 1. The lowest BCUT2D eigenvalue weighted by atomic mass is 9.80. The van der Waals surface area contributed by atoms with Crippen molar-refractivity contribution in [2.45, 2.75) is 53.1 Å². The molecule has 0 spiro atoms. The zero-order valence-corrected chi connectivity index (χ0v) is 7.65. The van der Waals surface area contributed by atoms with Gasteiger partial charge in [0.2, 0.25) is 0 Å². The maximum atomic E-state index is 9.15. The van der Waals surface area contributed by atoms with Crippen LogP contribution in [0.2, 0.25) is 0 Å². The van der Waals surface area contributed by atoms with E-state index < -0.39 is 0 Å². The van der Waals surface area contributed by atoms with Crippen LogP contribution in [0.5, 0.6) is 0 Å². The van der Waals surface area contributed by atoms with Crippen molar-refractivity contribution < 1.29 is 5.11 Å². The molecule has 0 aromatic carbocycles. The summed E-state index contributed by atoms with van der Waals surface area (Å²) in [6.07, 6.45) is 3.10. The lowest BCUT2D eigenvalue weighted by molar-refractivity contribution is 0.114. The number of rotatable bonds is 4. The molecule has 0 saturated carbocycles. The first-order valence-corrected chi connectivity index (χ1v) is 4.22. The third-order valence-electron chi connectivity index (χ3n) is 2.50. The van der Waals surface area contributed by atoms with Gasteiger partial charge in [0.15, 0.2) is 0 Å². The maximum absolute atomic E-state index is 9.15. The Morgan fingerprint density at radius 1 is 1.30 bits per heavy atom. The van der Waals surface area contributed by atoms with Crippen LogP contribution in [0.15, 0.2) is 0 Å². The van der Waals surface area contributed by atoms with Gasteiger partial charge in [-0.15, -0.1) is 0 Å². The van der Waals surface area contributed by atoms with Crippen molar-refractivity contribution in [3.05, 3.63) is 0 Å². The predicted octanol–water partition coefficient (Wildman–Crippen LogP) is 2.58. The van der Waals surface area contributed by atoms with Crippen molar-refractivity contribution in [3.8, 4) is 0 Å². The molecule has 10 heavy (non-hydrogen) atoms. The highest BCUT2D eigenvalue weighted by molar-refractivity contribution is 4.72. The first-order valence-electron chi connectivity index (χ1n) is 4.22. The number of aliphatic hydroxyl groups excluding tert-OH is 1. The van der Waals surface area contributed by atoms with Gasteiger partial charge in [0, 0.05) is 0 Å². The lowest BCUT2D eigenvalue weighted by Crippen LogP contribution is -2.20. The smallest absolute Gasteiger partial charge is 0.0517 e. The molecule has 1 nitrogen and oxygen atoms in total. The van der Waals surface area contributed by atoms with E-state index in [1.54, 1.807) is 0 Å². The molecular weight excluding hydrogens is 124 g/mol. The zero-order chi connectivity index (χ0) is 8.20. The van der Waals surface area contributed by atoms with Crippen molar-refractivity contribution >= 4 is 0 Å².